The number of carbonyl (C=O) groups excluding carboxylic acids is 1. The van der Waals surface area contributed by atoms with Gasteiger partial charge in [0.1, 0.15) is 12.3 Å². The minimum Gasteiger partial charge on any atom is -0.385 e. The Morgan fingerprint density at radius 1 is 1.38 bits per heavy atom. The summed E-state index contributed by atoms with van der Waals surface area (Å²) >= 11 is 0. The smallest absolute Gasteiger partial charge is 0.385 e. The average Bonchev–Trinajstić information content (AvgIpc) is 2.43. The lowest BCUT2D eigenvalue weighted by Crippen LogP contribution is -2.29. The number of nitrogens with zero attached hydrogens (tertiary/aromatic N) is 1. The maximum atomic E-state index is 11.8. The van der Waals surface area contributed by atoms with Crippen molar-refractivity contribution in [3.8, 4) is 0 Å². The third kappa shape index (κ3) is 7.50. The van der Waals surface area contributed by atoms with Crippen LogP contribution in [0.2, 0.25) is 0 Å². The van der Waals surface area contributed by atoms with E-state index in [2.05, 4.69) is 20.4 Å². The fourth-order valence-electron chi connectivity index (χ4n) is 1.45. The number of amides is 1. The molecule has 0 saturated carbocycles. The topological polar surface area (TPSA) is 63.2 Å². The minimum atomic E-state index is -4.36. The fourth-order valence-corrected chi connectivity index (χ4v) is 1.45. The molecule has 0 aliphatic rings. The number of rotatable bonds is 8. The van der Waals surface area contributed by atoms with E-state index < -0.39 is 18.7 Å². The zero-order chi connectivity index (χ0) is 15.7. The van der Waals surface area contributed by atoms with Crippen molar-refractivity contribution >= 4 is 11.6 Å². The summed E-state index contributed by atoms with van der Waals surface area (Å²) in [6, 6.07) is 3.32. The molecule has 1 heterocycles. The van der Waals surface area contributed by atoms with Gasteiger partial charge in [0.2, 0.25) is 0 Å². The Morgan fingerprint density at radius 3 is 2.81 bits per heavy atom. The summed E-state index contributed by atoms with van der Waals surface area (Å²) in [5.41, 5.74) is 0.970. The highest BCUT2D eigenvalue weighted by Crippen LogP contribution is 2.14. The lowest BCUT2D eigenvalue weighted by Gasteiger charge is -2.09. The van der Waals surface area contributed by atoms with Crippen molar-refractivity contribution in [2.24, 2.45) is 0 Å². The molecule has 0 fully saturated rings. The largest absolute Gasteiger partial charge is 0.411 e. The van der Waals surface area contributed by atoms with Crippen molar-refractivity contribution in [1.29, 1.82) is 0 Å². The van der Waals surface area contributed by atoms with E-state index in [0.717, 1.165) is 18.7 Å². The Morgan fingerprint density at radius 2 is 2.14 bits per heavy atom. The van der Waals surface area contributed by atoms with E-state index in [4.69, 9.17) is 0 Å². The first-order valence-corrected chi connectivity index (χ1v) is 6.55. The molecule has 1 aromatic heterocycles. The molecule has 8 heteroatoms. The Bertz CT molecular complexity index is 453. The third-order valence-corrected chi connectivity index (χ3v) is 2.37. The number of hydrogen-bond acceptors (Lipinski definition) is 4. The van der Waals surface area contributed by atoms with Crippen LogP contribution in [0.3, 0.4) is 0 Å². The molecule has 0 aliphatic heterocycles. The Balaban J connectivity index is 2.35. The highest BCUT2D eigenvalue weighted by Gasteiger charge is 2.27. The van der Waals surface area contributed by atoms with Crippen molar-refractivity contribution in [2.45, 2.75) is 19.5 Å². The first-order chi connectivity index (χ1) is 9.92. The van der Waals surface area contributed by atoms with Crippen LogP contribution >= 0.6 is 0 Å². The number of hydrogen-bond donors (Lipinski definition) is 2. The number of nitrogens with one attached hydrogen (secondary N) is 2. The molecule has 2 N–H and O–H groups in total. The maximum Gasteiger partial charge on any atom is 0.411 e. The second-order valence-electron chi connectivity index (χ2n) is 4.28. The molecule has 0 aliphatic carbocycles. The third-order valence-electron chi connectivity index (χ3n) is 2.37. The predicted octanol–water partition coefficient (Wildman–Crippen LogP) is 2.21. The van der Waals surface area contributed by atoms with Crippen LogP contribution in [0, 0.1) is 0 Å². The number of aromatic nitrogens is 1. The maximum absolute atomic E-state index is 11.8. The Labute approximate surface area is 120 Å². The first-order valence-electron chi connectivity index (χ1n) is 6.55. The van der Waals surface area contributed by atoms with Crippen LogP contribution in [0.4, 0.5) is 18.9 Å². The summed E-state index contributed by atoms with van der Waals surface area (Å²) in [4.78, 5) is 15.7. The van der Waals surface area contributed by atoms with Gasteiger partial charge in [-0.15, -0.1) is 0 Å². The number of halogens is 3. The van der Waals surface area contributed by atoms with Gasteiger partial charge in [-0.3, -0.25) is 9.78 Å². The van der Waals surface area contributed by atoms with E-state index in [1.165, 1.54) is 6.20 Å². The van der Waals surface area contributed by atoms with E-state index in [1.54, 1.807) is 12.1 Å². The molecule has 0 radical (unpaired) electrons. The zero-order valence-corrected chi connectivity index (χ0v) is 11.7. The molecule has 0 atom stereocenters. The van der Waals surface area contributed by atoms with Crippen LogP contribution in [-0.2, 0) is 4.74 Å². The molecule has 1 rings (SSSR count). The summed E-state index contributed by atoms with van der Waals surface area (Å²) in [7, 11) is 0. The van der Waals surface area contributed by atoms with Gasteiger partial charge < -0.3 is 15.4 Å². The number of carbonyl (C=O) groups is 1. The summed E-state index contributed by atoms with van der Waals surface area (Å²) in [6.07, 6.45) is -1.92. The molecule has 0 spiro atoms. The number of anilines is 1. The van der Waals surface area contributed by atoms with Crippen LogP contribution in [0.25, 0.3) is 0 Å². The average molecular weight is 305 g/mol. The van der Waals surface area contributed by atoms with Crippen LogP contribution in [0.1, 0.15) is 23.8 Å². The lowest BCUT2D eigenvalue weighted by atomic mass is 10.3. The summed E-state index contributed by atoms with van der Waals surface area (Å²) in [5.74, 6) is -0.453. The summed E-state index contributed by atoms with van der Waals surface area (Å²) in [5, 5.41) is 5.56. The van der Waals surface area contributed by atoms with Crippen LogP contribution in [-0.4, -0.2) is 43.4 Å². The van der Waals surface area contributed by atoms with Crippen molar-refractivity contribution < 1.29 is 22.7 Å². The predicted molar refractivity (Wildman–Crippen MR) is 72.2 cm³/mol. The Hall–Kier alpha value is -1.83. The molecule has 0 saturated heterocycles. The summed E-state index contributed by atoms with van der Waals surface area (Å²) in [6.45, 7) is 1.25. The minimum absolute atomic E-state index is 0.0107. The molecule has 1 amide bonds. The normalized spacial score (nSPS) is 11.2. The molecule has 0 unspecified atom stereocenters. The molecule has 0 aromatic carbocycles. The van der Waals surface area contributed by atoms with Gasteiger partial charge in [0, 0.05) is 25.0 Å². The molecular formula is C13H18F3N3O2. The number of ether oxygens (including phenoxy) is 1. The van der Waals surface area contributed by atoms with Gasteiger partial charge in [-0.2, -0.15) is 13.2 Å². The molecular weight excluding hydrogens is 287 g/mol. The van der Waals surface area contributed by atoms with Gasteiger partial charge >= 0.3 is 6.18 Å². The molecule has 21 heavy (non-hydrogen) atoms. The highest BCUT2D eigenvalue weighted by atomic mass is 19.4. The van der Waals surface area contributed by atoms with Gasteiger partial charge in [-0.05, 0) is 18.6 Å². The van der Waals surface area contributed by atoms with Crippen molar-refractivity contribution in [1.82, 2.24) is 10.3 Å². The van der Waals surface area contributed by atoms with E-state index in [9.17, 15) is 18.0 Å². The molecule has 0 bridgehead atoms. The van der Waals surface area contributed by atoms with Crippen molar-refractivity contribution in [3.63, 3.8) is 0 Å². The van der Waals surface area contributed by atoms with Crippen LogP contribution < -0.4 is 10.6 Å². The van der Waals surface area contributed by atoms with Gasteiger partial charge in [-0.25, -0.2) is 0 Å². The van der Waals surface area contributed by atoms with E-state index >= 15 is 0 Å². The van der Waals surface area contributed by atoms with E-state index in [1.807, 2.05) is 6.92 Å². The van der Waals surface area contributed by atoms with Crippen molar-refractivity contribution in [2.75, 3.05) is 31.6 Å². The van der Waals surface area contributed by atoms with Crippen molar-refractivity contribution in [3.05, 3.63) is 24.0 Å². The van der Waals surface area contributed by atoms with Gasteiger partial charge in [-0.1, -0.05) is 6.92 Å². The monoisotopic (exact) mass is 305 g/mol. The number of pyridine rings is 1. The zero-order valence-electron chi connectivity index (χ0n) is 11.7. The standard InChI is InChI=1S/C13H18F3N3O2/c1-2-4-17-10-3-5-18-11(8-10)12(20)19-6-7-21-9-13(14,15)16/h3,5,8H,2,4,6-7,9H2,1H3,(H,17,18)(H,19,20). The molecule has 118 valence electrons. The Kier molecular flexibility index (Phi) is 6.93. The number of alkyl halides is 3. The van der Waals surface area contributed by atoms with E-state index in [0.29, 0.717) is 0 Å². The highest BCUT2D eigenvalue weighted by molar-refractivity contribution is 5.93. The van der Waals surface area contributed by atoms with E-state index in [-0.39, 0.29) is 18.8 Å². The fraction of sp³-hybridized carbons (Fsp3) is 0.538. The second kappa shape index (κ2) is 8.46. The van der Waals surface area contributed by atoms with Crippen LogP contribution in [0.15, 0.2) is 18.3 Å². The quantitative estimate of drug-likeness (QED) is 0.723. The lowest BCUT2D eigenvalue weighted by molar-refractivity contribution is -0.173. The molecule has 5 nitrogen and oxygen atoms in total. The summed E-state index contributed by atoms with van der Waals surface area (Å²) < 4.78 is 39.9. The van der Waals surface area contributed by atoms with Crippen LogP contribution in [0.5, 0.6) is 0 Å². The second-order valence-corrected chi connectivity index (χ2v) is 4.28. The van der Waals surface area contributed by atoms with Gasteiger partial charge in [0.25, 0.3) is 5.91 Å². The first kappa shape index (κ1) is 17.2. The van der Waals surface area contributed by atoms with Gasteiger partial charge in [0.05, 0.1) is 6.61 Å². The molecule has 1 aromatic rings. The SMILES string of the molecule is CCCNc1ccnc(C(=O)NCCOCC(F)(F)F)c1. The van der Waals surface area contributed by atoms with Gasteiger partial charge in [0.15, 0.2) is 0 Å².